The molecule has 0 fully saturated rings. The standard InChI is InChI=1S/C12H17FN2O2S/c1-16-7-6-15-12(14)18-9-8-17-11-5-3-2-4-10(11)13/h2-5H,6-9H2,1H3,(H2,14,15). The van der Waals surface area contributed by atoms with Crippen LogP contribution < -0.4 is 10.5 Å². The molecule has 0 heterocycles. The summed E-state index contributed by atoms with van der Waals surface area (Å²) < 4.78 is 23.3. The van der Waals surface area contributed by atoms with Gasteiger partial charge >= 0.3 is 0 Å². The molecule has 0 bridgehead atoms. The van der Waals surface area contributed by atoms with Gasteiger partial charge in [-0.1, -0.05) is 23.9 Å². The van der Waals surface area contributed by atoms with Crippen molar-refractivity contribution in [3.63, 3.8) is 0 Å². The van der Waals surface area contributed by atoms with Gasteiger partial charge in [-0.25, -0.2) is 4.39 Å². The number of hydrogen-bond donors (Lipinski definition) is 1. The largest absolute Gasteiger partial charge is 0.490 e. The fourth-order valence-corrected chi connectivity index (χ4v) is 1.71. The highest BCUT2D eigenvalue weighted by atomic mass is 32.2. The Hall–Kier alpha value is -1.27. The van der Waals surface area contributed by atoms with Crippen LogP contribution in [0.5, 0.6) is 5.75 Å². The highest BCUT2D eigenvalue weighted by Crippen LogP contribution is 2.15. The number of para-hydroxylation sites is 1. The molecule has 4 nitrogen and oxygen atoms in total. The van der Waals surface area contributed by atoms with Gasteiger partial charge in [-0.15, -0.1) is 0 Å². The fourth-order valence-electron chi connectivity index (χ4n) is 1.15. The predicted octanol–water partition coefficient (Wildman–Crippen LogP) is 1.90. The van der Waals surface area contributed by atoms with E-state index in [1.165, 1.54) is 17.8 Å². The monoisotopic (exact) mass is 272 g/mol. The first-order chi connectivity index (χ1) is 8.74. The second kappa shape index (κ2) is 8.77. The lowest BCUT2D eigenvalue weighted by Crippen LogP contribution is -2.12. The molecule has 2 N–H and O–H groups in total. The van der Waals surface area contributed by atoms with E-state index in [2.05, 4.69) is 4.99 Å². The van der Waals surface area contributed by atoms with Crippen LogP contribution in [0.4, 0.5) is 4.39 Å². The summed E-state index contributed by atoms with van der Waals surface area (Å²) in [6.07, 6.45) is 0. The minimum absolute atomic E-state index is 0.257. The summed E-state index contributed by atoms with van der Waals surface area (Å²) >= 11 is 1.38. The number of rotatable bonds is 7. The van der Waals surface area contributed by atoms with E-state index < -0.39 is 0 Å². The number of methoxy groups -OCH3 is 1. The second-order valence-corrected chi connectivity index (χ2v) is 4.46. The minimum Gasteiger partial charge on any atom is -0.490 e. The van der Waals surface area contributed by atoms with Gasteiger partial charge in [0.15, 0.2) is 16.7 Å². The number of nitrogens with two attached hydrogens (primary N) is 1. The Morgan fingerprint density at radius 1 is 1.39 bits per heavy atom. The van der Waals surface area contributed by atoms with E-state index in [-0.39, 0.29) is 11.6 Å². The lowest BCUT2D eigenvalue weighted by molar-refractivity contribution is 0.208. The van der Waals surface area contributed by atoms with Crippen molar-refractivity contribution >= 4 is 16.9 Å². The Bertz CT molecular complexity index is 388. The van der Waals surface area contributed by atoms with Gasteiger partial charge in [-0.2, -0.15) is 0 Å². The molecule has 100 valence electrons. The van der Waals surface area contributed by atoms with Crippen molar-refractivity contribution in [1.29, 1.82) is 0 Å². The van der Waals surface area contributed by atoms with Gasteiger partial charge in [0.2, 0.25) is 0 Å². The van der Waals surface area contributed by atoms with Crippen molar-refractivity contribution in [3.05, 3.63) is 30.1 Å². The first kappa shape index (κ1) is 14.8. The Balaban J connectivity index is 2.19. The van der Waals surface area contributed by atoms with Crippen LogP contribution in [0.3, 0.4) is 0 Å². The van der Waals surface area contributed by atoms with Crippen LogP contribution in [0.15, 0.2) is 29.3 Å². The Morgan fingerprint density at radius 2 is 2.17 bits per heavy atom. The molecule has 0 atom stereocenters. The zero-order valence-corrected chi connectivity index (χ0v) is 11.1. The number of nitrogens with zero attached hydrogens (tertiary/aromatic N) is 1. The van der Waals surface area contributed by atoms with Gasteiger partial charge < -0.3 is 15.2 Å². The van der Waals surface area contributed by atoms with Crippen molar-refractivity contribution in [2.75, 3.05) is 32.6 Å². The fraction of sp³-hybridized carbons (Fsp3) is 0.417. The number of hydrogen-bond acceptors (Lipinski definition) is 4. The molecule has 0 aliphatic heterocycles. The van der Waals surface area contributed by atoms with E-state index >= 15 is 0 Å². The van der Waals surface area contributed by atoms with Gasteiger partial charge in [0.05, 0.1) is 19.8 Å². The summed E-state index contributed by atoms with van der Waals surface area (Å²) in [5, 5.41) is 0.490. The minimum atomic E-state index is -0.357. The van der Waals surface area contributed by atoms with E-state index in [1.54, 1.807) is 25.3 Å². The lowest BCUT2D eigenvalue weighted by atomic mass is 10.3. The van der Waals surface area contributed by atoms with Gasteiger partial charge in [-0.3, -0.25) is 4.99 Å². The van der Waals surface area contributed by atoms with Crippen LogP contribution in [0.25, 0.3) is 0 Å². The van der Waals surface area contributed by atoms with Crippen LogP contribution in [0.1, 0.15) is 0 Å². The number of amidine groups is 1. The maximum absolute atomic E-state index is 13.2. The molecule has 6 heteroatoms. The third-order valence-corrected chi connectivity index (χ3v) is 2.79. The zero-order chi connectivity index (χ0) is 13.2. The van der Waals surface area contributed by atoms with Gasteiger partial charge in [0.1, 0.15) is 0 Å². The summed E-state index contributed by atoms with van der Waals surface area (Å²) in [6.45, 7) is 1.47. The Labute approximate surface area is 110 Å². The molecule has 1 aromatic rings. The van der Waals surface area contributed by atoms with Crippen LogP contribution in [0, 0.1) is 5.82 Å². The molecule has 1 rings (SSSR count). The maximum atomic E-state index is 13.2. The highest BCUT2D eigenvalue weighted by molar-refractivity contribution is 8.13. The van der Waals surface area contributed by atoms with Crippen molar-refractivity contribution < 1.29 is 13.9 Å². The third-order valence-electron chi connectivity index (χ3n) is 1.99. The average Bonchev–Trinajstić information content (AvgIpc) is 2.37. The zero-order valence-electron chi connectivity index (χ0n) is 10.3. The summed E-state index contributed by atoms with van der Waals surface area (Å²) in [5.41, 5.74) is 5.65. The number of ether oxygens (including phenoxy) is 2. The second-order valence-electron chi connectivity index (χ2n) is 3.34. The van der Waals surface area contributed by atoms with Crippen molar-refractivity contribution in [2.45, 2.75) is 0 Å². The smallest absolute Gasteiger partial charge is 0.165 e. The van der Waals surface area contributed by atoms with Crippen molar-refractivity contribution in [1.82, 2.24) is 0 Å². The summed E-state index contributed by atoms with van der Waals surface area (Å²) in [5.74, 6) is 0.522. The van der Waals surface area contributed by atoms with Crippen molar-refractivity contribution in [2.24, 2.45) is 10.7 Å². The van der Waals surface area contributed by atoms with Gasteiger partial charge in [0, 0.05) is 12.9 Å². The molecule has 0 saturated carbocycles. The quantitative estimate of drug-likeness (QED) is 0.468. The molecular formula is C12H17FN2O2S. The molecule has 0 saturated heterocycles. The molecular weight excluding hydrogens is 255 g/mol. The Kier molecular flexibility index (Phi) is 7.20. The molecule has 0 aliphatic carbocycles. The van der Waals surface area contributed by atoms with Crippen LogP contribution in [-0.2, 0) is 4.74 Å². The first-order valence-corrected chi connectivity index (χ1v) is 6.51. The Morgan fingerprint density at radius 3 is 2.89 bits per heavy atom. The van der Waals surface area contributed by atoms with Crippen LogP contribution in [-0.4, -0.2) is 37.8 Å². The van der Waals surface area contributed by atoms with E-state index in [0.717, 1.165) is 0 Å². The van der Waals surface area contributed by atoms with Gasteiger partial charge in [0.25, 0.3) is 0 Å². The lowest BCUT2D eigenvalue weighted by Gasteiger charge is -2.06. The van der Waals surface area contributed by atoms with E-state index in [4.69, 9.17) is 15.2 Å². The summed E-state index contributed by atoms with van der Waals surface area (Å²) in [7, 11) is 1.61. The maximum Gasteiger partial charge on any atom is 0.165 e. The number of halogens is 1. The molecule has 0 aromatic heterocycles. The first-order valence-electron chi connectivity index (χ1n) is 5.53. The van der Waals surface area contributed by atoms with E-state index in [1.807, 2.05) is 0 Å². The molecule has 1 aromatic carbocycles. The summed E-state index contributed by atoms with van der Waals surface area (Å²) in [4.78, 5) is 4.08. The van der Waals surface area contributed by atoms with E-state index in [0.29, 0.717) is 30.7 Å². The summed E-state index contributed by atoms with van der Waals surface area (Å²) in [6, 6.07) is 6.31. The third kappa shape index (κ3) is 5.88. The number of thioether (sulfide) groups is 1. The SMILES string of the molecule is COCCN=C(N)SCCOc1ccccc1F. The molecule has 0 unspecified atom stereocenters. The number of aliphatic imine (C=N–C) groups is 1. The normalized spacial score (nSPS) is 11.6. The molecule has 0 aliphatic rings. The van der Waals surface area contributed by atoms with Crippen LogP contribution in [0.2, 0.25) is 0 Å². The predicted molar refractivity (Wildman–Crippen MR) is 72.7 cm³/mol. The molecule has 18 heavy (non-hydrogen) atoms. The van der Waals surface area contributed by atoms with E-state index in [9.17, 15) is 4.39 Å². The topological polar surface area (TPSA) is 56.8 Å². The van der Waals surface area contributed by atoms with Crippen LogP contribution >= 0.6 is 11.8 Å². The highest BCUT2D eigenvalue weighted by Gasteiger charge is 2.01. The average molecular weight is 272 g/mol. The van der Waals surface area contributed by atoms with Gasteiger partial charge in [-0.05, 0) is 12.1 Å². The van der Waals surface area contributed by atoms with Crippen molar-refractivity contribution in [3.8, 4) is 5.75 Å². The molecule has 0 spiro atoms. The molecule has 0 radical (unpaired) electrons. The number of benzene rings is 1. The molecule has 0 amide bonds.